The number of nitrogens with zero attached hydrogens (tertiary/aromatic N) is 3. The van der Waals surface area contributed by atoms with Crippen LogP contribution in [-0.4, -0.2) is 50.2 Å². The third-order valence-corrected chi connectivity index (χ3v) is 5.09. The monoisotopic (exact) mass is 268 g/mol. The number of nitrogens with one attached hydrogen (secondary N) is 1. The highest BCUT2D eigenvalue weighted by Crippen LogP contribution is 2.29. The Bertz CT molecular complexity index is 379. The summed E-state index contributed by atoms with van der Waals surface area (Å²) in [6, 6.07) is 0.992. The minimum Gasteiger partial charge on any atom is -0.347 e. The Balaban J connectivity index is 2.03. The van der Waals surface area contributed by atoms with Gasteiger partial charge in [-0.1, -0.05) is 0 Å². The predicted octanol–water partition coefficient (Wildman–Crippen LogP) is 1.95. The lowest BCUT2D eigenvalue weighted by Gasteiger charge is -2.35. The fraction of sp³-hybridized carbons (Fsp3) is 0.769. The summed E-state index contributed by atoms with van der Waals surface area (Å²) < 4.78 is 0. The molecule has 0 aliphatic carbocycles. The Morgan fingerprint density at radius 2 is 2.39 bits per heavy atom. The molecule has 102 valence electrons. The van der Waals surface area contributed by atoms with E-state index in [1.165, 1.54) is 24.3 Å². The van der Waals surface area contributed by atoms with Crippen molar-refractivity contribution < 1.29 is 0 Å². The molecule has 2 rings (SSSR count). The molecular formula is C13H24N4S. The molecule has 1 aromatic heterocycles. The number of likely N-dealkylation sites (N-methyl/N-ethyl adjacent to an activating group) is 2. The van der Waals surface area contributed by atoms with E-state index in [1.54, 1.807) is 11.3 Å². The molecule has 0 saturated carbocycles. The molecule has 5 heteroatoms. The molecule has 0 bridgehead atoms. The van der Waals surface area contributed by atoms with Gasteiger partial charge in [0.1, 0.15) is 0 Å². The van der Waals surface area contributed by atoms with Crippen LogP contribution >= 0.6 is 11.3 Å². The van der Waals surface area contributed by atoms with Crippen molar-refractivity contribution in [1.82, 2.24) is 15.2 Å². The lowest BCUT2D eigenvalue weighted by atomic mass is 10.1. The van der Waals surface area contributed by atoms with Gasteiger partial charge in [0.2, 0.25) is 0 Å². The summed E-state index contributed by atoms with van der Waals surface area (Å²) in [4.78, 5) is 10.6. The number of anilines is 1. The Morgan fingerprint density at radius 3 is 3.06 bits per heavy atom. The minimum absolute atomic E-state index is 0.388. The van der Waals surface area contributed by atoms with Gasteiger partial charge in [0, 0.05) is 36.8 Å². The highest BCUT2D eigenvalue weighted by atomic mass is 32.1. The number of thiazole rings is 1. The van der Waals surface area contributed by atoms with E-state index in [9.17, 15) is 0 Å². The fourth-order valence-corrected chi connectivity index (χ4v) is 3.40. The topological polar surface area (TPSA) is 31.4 Å². The first-order valence-electron chi connectivity index (χ1n) is 6.66. The summed E-state index contributed by atoms with van der Waals surface area (Å²) in [6.45, 7) is 4.54. The zero-order valence-corrected chi connectivity index (χ0v) is 12.6. The van der Waals surface area contributed by atoms with Crippen LogP contribution in [0.3, 0.4) is 0 Å². The molecule has 1 aliphatic rings. The molecule has 2 unspecified atom stereocenters. The molecule has 0 aromatic carbocycles. The molecule has 1 aromatic rings. The van der Waals surface area contributed by atoms with Crippen LogP contribution in [0.1, 0.15) is 30.7 Å². The first-order valence-corrected chi connectivity index (χ1v) is 7.48. The quantitative estimate of drug-likeness (QED) is 0.904. The van der Waals surface area contributed by atoms with E-state index in [-0.39, 0.29) is 0 Å². The van der Waals surface area contributed by atoms with Crippen LogP contribution in [0.5, 0.6) is 0 Å². The first kappa shape index (κ1) is 13.8. The molecular weight excluding hydrogens is 244 g/mol. The van der Waals surface area contributed by atoms with E-state index in [1.807, 2.05) is 13.2 Å². The normalized spacial score (nSPS) is 23.0. The van der Waals surface area contributed by atoms with Crippen LogP contribution in [0.2, 0.25) is 0 Å². The zero-order valence-electron chi connectivity index (χ0n) is 11.8. The summed E-state index contributed by atoms with van der Waals surface area (Å²) in [5.74, 6) is 0. The molecule has 4 nitrogen and oxygen atoms in total. The average molecular weight is 268 g/mol. The molecule has 1 aliphatic heterocycles. The maximum atomic E-state index is 4.57. The Morgan fingerprint density at radius 1 is 1.61 bits per heavy atom. The van der Waals surface area contributed by atoms with Crippen LogP contribution in [0, 0.1) is 0 Å². The van der Waals surface area contributed by atoms with Gasteiger partial charge in [-0.05, 0) is 40.4 Å². The van der Waals surface area contributed by atoms with Crippen molar-refractivity contribution in [3.63, 3.8) is 0 Å². The molecule has 1 fully saturated rings. The summed E-state index contributed by atoms with van der Waals surface area (Å²) in [5, 5.41) is 4.41. The van der Waals surface area contributed by atoms with Crippen molar-refractivity contribution in [2.75, 3.05) is 39.1 Å². The smallest absolute Gasteiger partial charge is 0.185 e. The van der Waals surface area contributed by atoms with Gasteiger partial charge in [0.25, 0.3) is 0 Å². The van der Waals surface area contributed by atoms with Gasteiger partial charge in [-0.2, -0.15) is 0 Å². The van der Waals surface area contributed by atoms with Gasteiger partial charge >= 0.3 is 0 Å². The van der Waals surface area contributed by atoms with E-state index in [2.05, 4.69) is 41.1 Å². The van der Waals surface area contributed by atoms with E-state index in [4.69, 9.17) is 0 Å². The maximum Gasteiger partial charge on any atom is 0.185 e. The third-order valence-electron chi connectivity index (χ3n) is 3.82. The van der Waals surface area contributed by atoms with Crippen LogP contribution in [-0.2, 0) is 0 Å². The number of hydrogen-bond donors (Lipinski definition) is 1. The largest absolute Gasteiger partial charge is 0.347 e. The lowest BCUT2D eigenvalue weighted by Crippen LogP contribution is -2.45. The molecule has 1 N–H and O–H groups in total. The lowest BCUT2D eigenvalue weighted by molar-refractivity contribution is 0.248. The molecule has 0 spiro atoms. The number of piperidine rings is 1. The molecule has 18 heavy (non-hydrogen) atoms. The standard InChI is InChI=1S/C13H24N4S/c1-10(14-2)12-8-15-13(18-12)17(4)11-6-5-7-16(3)9-11/h8,10-11,14H,5-7,9H2,1-4H3. The molecule has 2 heterocycles. The van der Waals surface area contributed by atoms with Crippen LogP contribution in [0.4, 0.5) is 5.13 Å². The SMILES string of the molecule is CNC(C)c1cnc(N(C)C2CCCN(C)C2)s1. The minimum atomic E-state index is 0.388. The van der Waals surface area contributed by atoms with Crippen LogP contribution < -0.4 is 10.2 Å². The zero-order chi connectivity index (χ0) is 13.1. The highest BCUT2D eigenvalue weighted by Gasteiger charge is 2.23. The van der Waals surface area contributed by atoms with Crippen molar-refractivity contribution in [1.29, 1.82) is 0 Å². The van der Waals surface area contributed by atoms with Crippen LogP contribution in [0.15, 0.2) is 6.20 Å². The van der Waals surface area contributed by atoms with E-state index in [0.717, 1.165) is 11.7 Å². The van der Waals surface area contributed by atoms with Gasteiger partial charge in [-0.3, -0.25) is 0 Å². The molecule has 1 saturated heterocycles. The van der Waals surface area contributed by atoms with Gasteiger partial charge in [-0.25, -0.2) is 4.98 Å². The van der Waals surface area contributed by atoms with E-state index < -0.39 is 0 Å². The second-order valence-corrected chi connectivity index (χ2v) is 6.27. The van der Waals surface area contributed by atoms with E-state index >= 15 is 0 Å². The average Bonchev–Trinajstić information content (AvgIpc) is 2.86. The number of hydrogen-bond acceptors (Lipinski definition) is 5. The van der Waals surface area contributed by atoms with Crippen molar-refractivity contribution in [3.8, 4) is 0 Å². The van der Waals surface area contributed by atoms with Crippen LogP contribution in [0.25, 0.3) is 0 Å². The van der Waals surface area contributed by atoms with E-state index in [0.29, 0.717) is 12.1 Å². The second kappa shape index (κ2) is 5.99. The van der Waals surface area contributed by atoms with Crippen molar-refractivity contribution in [3.05, 3.63) is 11.1 Å². The Labute approximate surface area is 114 Å². The highest BCUT2D eigenvalue weighted by molar-refractivity contribution is 7.15. The third kappa shape index (κ3) is 3.02. The Kier molecular flexibility index (Phi) is 4.59. The second-order valence-electron chi connectivity index (χ2n) is 5.22. The summed E-state index contributed by atoms with van der Waals surface area (Å²) in [5.41, 5.74) is 0. The van der Waals surface area contributed by atoms with Crippen molar-refractivity contribution >= 4 is 16.5 Å². The maximum absolute atomic E-state index is 4.57. The molecule has 0 amide bonds. The van der Waals surface area contributed by atoms with Gasteiger partial charge in [0.05, 0.1) is 0 Å². The summed E-state index contributed by atoms with van der Waals surface area (Å²) in [6.07, 6.45) is 4.57. The Hall–Kier alpha value is -0.650. The van der Waals surface area contributed by atoms with Gasteiger partial charge in [0.15, 0.2) is 5.13 Å². The fourth-order valence-electron chi connectivity index (χ4n) is 2.39. The molecule has 2 atom stereocenters. The number of likely N-dealkylation sites (tertiary alicyclic amines) is 1. The van der Waals surface area contributed by atoms with Crippen molar-refractivity contribution in [2.45, 2.75) is 31.8 Å². The van der Waals surface area contributed by atoms with Gasteiger partial charge in [-0.15, -0.1) is 11.3 Å². The molecule has 0 radical (unpaired) electrons. The number of rotatable bonds is 4. The summed E-state index contributed by atoms with van der Waals surface area (Å²) >= 11 is 1.80. The predicted molar refractivity (Wildman–Crippen MR) is 78.5 cm³/mol. The number of aromatic nitrogens is 1. The summed E-state index contributed by atoms with van der Waals surface area (Å²) in [7, 11) is 6.37. The van der Waals surface area contributed by atoms with Gasteiger partial charge < -0.3 is 15.1 Å². The van der Waals surface area contributed by atoms with Crippen molar-refractivity contribution in [2.24, 2.45) is 0 Å². The first-order chi connectivity index (χ1) is 8.61.